The Morgan fingerprint density at radius 2 is 0.923 bits per heavy atom. The molecule has 198 valence electrons. The van der Waals surface area contributed by atoms with Crippen LogP contribution in [0.3, 0.4) is 0 Å². The lowest BCUT2D eigenvalue weighted by atomic mass is 10.1. The Balaban J connectivity index is 0.000000270. The molecule has 0 fully saturated rings. The lowest BCUT2D eigenvalue weighted by Gasteiger charge is -2.05. The number of hydrogen-bond donors (Lipinski definition) is 0. The van der Waals surface area contributed by atoms with Crippen molar-refractivity contribution >= 4 is 10.1 Å². The van der Waals surface area contributed by atoms with Crippen molar-refractivity contribution in [1.82, 2.24) is 0 Å². The van der Waals surface area contributed by atoms with Crippen molar-refractivity contribution in [3.05, 3.63) is 140 Å². The molecule has 0 bridgehead atoms. The first-order valence-corrected chi connectivity index (χ1v) is 13.7. The van der Waals surface area contributed by atoms with Crippen LogP contribution in [-0.2, 0) is 10.1 Å². The summed E-state index contributed by atoms with van der Waals surface area (Å²) in [5.74, 6) is 0. The maximum atomic E-state index is 10.4. The fourth-order valence-electron chi connectivity index (χ4n) is 3.63. The van der Waals surface area contributed by atoms with Gasteiger partial charge >= 0.3 is 0 Å². The van der Waals surface area contributed by atoms with Gasteiger partial charge in [0.05, 0.1) is 4.90 Å². The molecule has 0 aliphatic rings. The number of pyridine rings is 2. The topological polar surface area (TPSA) is 83.4 Å². The predicted octanol–water partition coefficient (Wildman–Crippen LogP) is 4.05. The summed E-state index contributed by atoms with van der Waals surface area (Å²) in [6.07, 6.45) is 7.63. The quantitative estimate of drug-likeness (QED) is 0.168. The Labute approximate surface area is 228 Å². The van der Waals surface area contributed by atoms with Crippen LogP contribution in [0.5, 0.6) is 0 Å². The first-order chi connectivity index (χ1) is 18.9. The van der Waals surface area contributed by atoms with Gasteiger partial charge in [0, 0.05) is 33.7 Å². The Morgan fingerprint density at radius 1 is 0.564 bits per heavy atom. The third-order valence-corrected chi connectivity index (χ3v) is 6.54. The van der Waals surface area contributed by atoms with Crippen LogP contribution in [0.15, 0.2) is 139 Å². The maximum absolute atomic E-state index is 10.4. The van der Waals surface area contributed by atoms with E-state index in [1.165, 1.54) is 23.3 Å². The average Bonchev–Trinajstić information content (AvgIpc) is 2.97. The summed E-state index contributed by atoms with van der Waals surface area (Å²) in [7, 11) is -4.27. The molecule has 0 spiro atoms. The highest BCUT2D eigenvalue weighted by atomic mass is 32.2. The van der Waals surface area contributed by atoms with Crippen molar-refractivity contribution in [3.63, 3.8) is 0 Å². The number of aromatic nitrogens is 2. The van der Waals surface area contributed by atoms with E-state index in [4.69, 9.17) is 9.68 Å². The van der Waals surface area contributed by atoms with Gasteiger partial charge in [-0.25, -0.2) is 8.42 Å². The standard InChI is InChI=1S/C24H22N2O2.C7H8O3S/c1-3-7-21(8-4-1)23-11-15-25(16-12-23)27-19-20-28-26-17-13-24(14-18-26)22-9-5-2-6-10-22;1-6-2-4-7(5-3-6)11(8,9)10/h1-18H,19-20H2;2-5H,1H3,(H,8,9,10)/q+2;/p-1. The molecule has 0 amide bonds. The van der Waals surface area contributed by atoms with E-state index in [1.54, 1.807) is 21.6 Å². The zero-order chi connectivity index (χ0) is 27.5. The summed E-state index contributed by atoms with van der Waals surface area (Å²) < 4.78 is 34.6. The Kier molecular flexibility index (Phi) is 9.39. The summed E-state index contributed by atoms with van der Waals surface area (Å²) >= 11 is 0. The number of rotatable bonds is 8. The minimum Gasteiger partial charge on any atom is -0.744 e. The van der Waals surface area contributed by atoms with Crippen LogP contribution >= 0.6 is 0 Å². The summed E-state index contributed by atoms with van der Waals surface area (Å²) in [6, 6.07) is 34.5. The van der Waals surface area contributed by atoms with Crippen LogP contribution in [-0.4, -0.2) is 26.2 Å². The molecular weight excluding hydrogens is 512 g/mol. The zero-order valence-electron chi connectivity index (χ0n) is 21.5. The average molecular weight is 542 g/mol. The van der Waals surface area contributed by atoms with Crippen molar-refractivity contribution < 1.29 is 32.1 Å². The van der Waals surface area contributed by atoms with Crippen LogP contribution in [0.4, 0.5) is 0 Å². The third kappa shape index (κ3) is 8.49. The predicted molar refractivity (Wildman–Crippen MR) is 146 cm³/mol. The molecule has 7 nitrogen and oxygen atoms in total. The third-order valence-electron chi connectivity index (χ3n) is 5.69. The van der Waals surface area contributed by atoms with E-state index in [0.29, 0.717) is 13.2 Å². The molecule has 5 aromatic rings. The molecular formula is C31H29N2O5S+. The number of aryl methyl sites for hydroxylation is 1. The van der Waals surface area contributed by atoms with E-state index in [9.17, 15) is 13.0 Å². The number of benzene rings is 3. The molecule has 0 atom stereocenters. The van der Waals surface area contributed by atoms with Crippen LogP contribution in [0.1, 0.15) is 5.56 Å². The SMILES string of the molecule is Cc1ccc(S(=O)(=O)[O-])cc1.c1ccc(-c2cc[n+](OCCO[n+]3ccc(-c4ccccc4)cc3)cc2)cc1. The monoisotopic (exact) mass is 541 g/mol. The first kappa shape index (κ1) is 27.5. The summed E-state index contributed by atoms with van der Waals surface area (Å²) in [5.41, 5.74) is 5.62. The van der Waals surface area contributed by atoms with Crippen LogP contribution in [0.2, 0.25) is 0 Å². The van der Waals surface area contributed by atoms with Gasteiger partial charge < -0.3 is 4.55 Å². The van der Waals surface area contributed by atoms with Crippen LogP contribution in [0, 0.1) is 6.92 Å². The van der Waals surface area contributed by atoms with Gasteiger partial charge in [-0.1, -0.05) is 78.4 Å². The second-order valence-corrected chi connectivity index (χ2v) is 9.94. The van der Waals surface area contributed by atoms with Gasteiger partial charge in [0.25, 0.3) is 0 Å². The zero-order valence-corrected chi connectivity index (χ0v) is 22.3. The van der Waals surface area contributed by atoms with Crippen molar-refractivity contribution in [1.29, 1.82) is 0 Å². The summed E-state index contributed by atoms with van der Waals surface area (Å²) in [4.78, 5) is 11.2. The van der Waals surface area contributed by atoms with E-state index in [0.717, 1.165) is 16.7 Å². The molecule has 8 heteroatoms. The Bertz CT molecular complexity index is 1460. The van der Waals surface area contributed by atoms with E-state index in [-0.39, 0.29) is 4.90 Å². The van der Waals surface area contributed by atoms with E-state index in [1.807, 2.05) is 92.4 Å². The van der Waals surface area contributed by atoms with Gasteiger partial charge in [-0.15, -0.1) is 0 Å². The molecule has 5 rings (SSSR count). The smallest absolute Gasteiger partial charge is 0.223 e. The van der Waals surface area contributed by atoms with Crippen molar-refractivity contribution in [2.45, 2.75) is 11.8 Å². The fourth-order valence-corrected chi connectivity index (χ4v) is 4.10. The van der Waals surface area contributed by atoms with Crippen LogP contribution < -0.4 is 19.1 Å². The second kappa shape index (κ2) is 13.3. The van der Waals surface area contributed by atoms with Gasteiger partial charge in [-0.3, -0.25) is 9.68 Å². The molecule has 0 N–H and O–H groups in total. The lowest BCUT2D eigenvalue weighted by molar-refractivity contribution is -0.908. The van der Waals surface area contributed by atoms with E-state index >= 15 is 0 Å². The molecule has 0 saturated carbocycles. The molecule has 3 aromatic carbocycles. The van der Waals surface area contributed by atoms with Gasteiger partial charge in [0.2, 0.25) is 38.0 Å². The number of hydrogen-bond acceptors (Lipinski definition) is 5. The van der Waals surface area contributed by atoms with Crippen LogP contribution in [0.25, 0.3) is 22.3 Å². The fraction of sp³-hybridized carbons (Fsp3) is 0.0968. The van der Waals surface area contributed by atoms with Crippen molar-refractivity contribution in [3.8, 4) is 22.3 Å². The van der Waals surface area contributed by atoms with Gasteiger partial charge in [0.15, 0.2) is 0 Å². The normalized spacial score (nSPS) is 10.7. The molecule has 2 aromatic heterocycles. The van der Waals surface area contributed by atoms with Gasteiger partial charge in [0.1, 0.15) is 10.1 Å². The first-order valence-electron chi connectivity index (χ1n) is 12.3. The number of nitrogens with zero attached hydrogens (tertiary/aromatic N) is 2. The second-order valence-electron chi connectivity index (χ2n) is 8.56. The molecule has 0 aliphatic carbocycles. The van der Waals surface area contributed by atoms with Crippen molar-refractivity contribution in [2.75, 3.05) is 13.2 Å². The highest BCUT2D eigenvalue weighted by Crippen LogP contribution is 2.17. The molecule has 2 heterocycles. The molecule has 0 radical (unpaired) electrons. The largest absolute Gasteiger partial charge is 0.744 e. The minimum absolute atomic E-state index is 0.178. The van der Waals surface area contributed by atoms with Gasteiger partial charge in [-0.05, 0) is 41.3 Å². The Hall–Kier alpha value is -4.53. The van der Waals surface area contributed by atoms with E-state index in [2.05, 4.69) is 24.3 Å². The van der Waals surface area contributed by atoms with Gasteiger partial charge in [-0.2, -0.15) is 0 Å². The molecule has 0 aliphatic heterocycles. The summed E-state index contributed by atoms with van der Waals surface area (Å²) in [5, 5.41) is 0. The summed E-state index contributed by atoms with van der Waals surface area (Å²) in [6.45, 7) is 2.72. The molecule has 39 heavy (non-hydrogen) atoms. The van der Waals surface area contributed by atoms with Crippen molar-refractivity contribution in [2.24, 2.45) is 0 Å². The van der Waals surface area contributed by atoms with E-state index < -0.39 is 10.1 Å². The Morgan fingerprint density at radius 3 is 1.28 bits per heavy atom. The highest BCUT2D eigenvalue weighted by Gasteiger charge is 2.07. The lowest BCUT2D eigenvalue weighted by Crippen LogP contribution is -2.48. The highest BCUT2D eigenvalue weighted by molar-refractivity contribution is 7.85. The minimum atomic E-state index is -4.27. The molecule has 0 unspecified atom stereocenters. The molecule has 0 saturated heterocycles. The maximum Gasteiger partial charge on any atom is 0.223 e.